The molecule has 1 aromatic rings. The lowest BCUT2D eigenvalue weighted by atomic mass is 10.0. The molecule has 0 amide bonds. The molecule has 106 valence electrons. The zero-order chi connectivity index (χ0) is 14.0. The van der Waals surface area contributed by atoms with E-state index < -0.39 is 0 Å². The fourth-order valence-electron chi connectivity index (χ4n) is 2.37. The summed E-state index contributed by atoms with van der Waals surface area (Å²) >= 11 is 0. The highest BCUT2D eigenvalue weighted by Crippen LogP contribution is 2.36. The first kappa shape index (κ1) is 14.3. The molecule has 19 heavy (non-hydrogen) atoms. The van der Waals surface area contributed by atoms with Gasteiger partial charge in [0.25, 0.3) is 0 Å². The first-order valence-corrected chi connectivity index (χ1v) is 6.85. The summed E-state index contributed by atoms with van der Waals surface area (Å²) in [6, 6.07) is 3.88. The summed E-state index contributed by atoms with van der Waals surface area (Å²) in [5.41, 5.74) is 8.61. The predicted molar refractivity (Wildman–Crippen MR) is 76.0 cm³/mol. The molecular formula is C15H23FN2O. The number of aryl methyl sites for hydroxylation is 1. The molecule has 1 atom stereocenters. The van der Waals surface area contributed by atoms with Crippen LogP contribution in [0, 0.1) is 12.7 Å². The van der Waals surface area contributed by atoms with Gasteiger partial charge in [-0.15, -0.1) is 0 Å². The van der Waals surface area contributed by atoms with Crippen molar-refractivity contribution in [2.45, 2.75) is 38.8 Å². The van der Waals surface area contributed by atoms with Gasteiger partial charge in [-0.3, -0.25) is 0 Å². The van der Waals surface area contributed by atoms with Crippen molar-refractivity contribution in [1.29, 1.82) is 0 Å². The summed E-state index contributed by atoms with van der Waals surface area (Å²) in [5, 5.41) is 0. The van der Waals surface area contributed by atoms with Crippen LogP contribution in [0.4, 0.5) is 10.1 Å². The van der Waals surface area contributed by atoms with E-state index in [9.17, 15) is 4.39 Å². The largest absolute Gasteiger partial charge is 0.383 e. The van der Waals surface area contributed by atoms with Crippen molar-refractivity contribution in [2.24, 2.45) is 5.73 Å². The fraction of sp³-hybridized carbons (Fsp3) is 0.600. The number of nitrogens with zero attached hydrogens (tertiary/aromatic N) is 1. The van der Waals surface area contributed by atoms with Crippen LogP contribution in [0.5, 0.6) is 0 Å². The summed E-state index contributed by atoms with van der Waals surface area (Å²) in [6.07, 6.45) is 2.39. The van der Waals surface area contributed by atoms with Gasteiger partial charge in [-0.25, -0.2) is 4.39 Å². The number of halogens is 1. The molecule has 1 aliphatic carbocycles. The number of anilines is 1. The molecule has 0 spiro atoms. The minimum absolute atomic E-state index is 0.172. The van der Waals surface area contributed by atoms with E-state index in [-0.39, 0.29) is 11.9 Å². The molecule has 0 bridgehead atoms. The summed E-state index contributed by atoms with van der Waals surface area (Å²) in [6.45, 7) is 5.19. The normalized spacial score (nSPS) is 16.5. The Bertz CT molecular complexity index is 444. The Kier molecular flexibility index (Phi) is 4.42. The molecule has 4 heteroatoms. The number of rotatable bonds is 6. The maximum atomic E-state index is 13.8. The molecule has 1 unspecified atom stereocenters. The van der Waals surface area contributed by atoms with E-state index >= 15 is 0 Å². The number of methoxy groups -OCH3 is 1. The standard InChI is InChI=1S/C15H23FN2O/c1-10-8-15(13(11(2)17)9-14(10)16)18(6-7-19-3)12-4-5-12/h8-9,11-12H,4-7,17H2,1-3H3. The molecule has 1 fully saturated rings. The molecule has 0 radical (unpaired) electrons. The highest BCUT2D eigenvalue weighted by molar-refractivity contribution is 5.58. The summed E-state index contributed by atoms with van der Waals surface area (Å²) in [5.74, 6) is -0.182. The Labute approximate surface area is 114 Å². The van der Waals surface area contributed by atoms with E-state index in [0.29, 0.717) is 18.2 Å². The Balaban J connectivity index is 2.36. The Hall–Kier alpha value is -1.13. The number of ether oxygens (including phenoxy) is 1. The smallest absolute Gasteiger partial charge is 0.126 e. The molecule has 2 rings (SSSR count). The van der Waals surface area contributed by atoms with Gasteiger partial charge in [-0.1, -0.05) is 0 Å². The van der Waals surface area contributed by atoms with Crippen molar-refractivity contribution in [3.8, 4) is 0 Å². The summed E-state index contributed by atoms with van der Waals surface area (Å²) in [4.78, 5) is 2.31. The maximum Gasteiger partial charge on any atom is 0.126 e. The van der Waals surface area contributed by atoms with Crippen LogP contribution in [0.2, 0.25) is 0 Å². The number of nitrogens with two attached hydrogens (primary N) is 1. The molecule has 0 aliphatic heterocycles. The van der Waals surface area contributed by atoms with Crippen molar-refractivity contribution in [3.63, 3.8) is 0 Å². The lowest BCUT2D eigenvalue weighted by Crippen LogP contribution is -2.31. The molecular weight excluding hydrogens is 243 g/mol. The molecule has 1 saturated carbocycles. The van der Waals surface area contributed by atoms with Crippen LogP contribution in [-0.2, 0) is 4.74 Å². The third-order valence-corrected chi connectivity index (χ3v) is 3.63. The van der Waals surface area contributed by atoms with Crippen LogP contribution < -0.4 is 10.6 Å². The van der Waals surface area contributed by atoms with Crippen LogP contribution in [-0.4, -0.2) is 26.3 Å². The fourth-order valence-corrected chi connectivity index (χ4v) is 2.37. The molecule has 0 saturated heterocycles. The van der Waals surface area contributed by atoms with Crippen molar-refractivity contribution in [1.82, 2.24) is 0 Å². The summed E-state index contributed by atoms with van der Waals surface area (Å²) < 4.78 is 18.9. The van der Waals surface area contributed by atoms with E-state index in [1.54, 1.807) is 20.1 Å². The minimum atomic E-state index is -0.182. The quantitative estimate of drug-likeness (QED) is 0.860. The van der Waals surface area contributed by atoms with Crippen LogP contribution >= 0.6 is 0 Å². The Morgan fingerprint density at radius 3 is 2.68 bits per heavy atom. The molecule has 1 aliphatic rings. The molecule has 1 aromatic carbocycles. The molecule has 2 N–H and O–H groups in total. The number of hydrogen-bond donors (Lipinski definition) is 1. The second-order valence-corrected chi connectivity index (χ2v) is 5.37. The predicted octanol–water partition coefficient (Wildman–Crippen LogP) is 2.77. The van der Waals surface area contributed by atoms with Gasteiger partial charge < -0.3 is 15.4 Å². The third-order valence-electron chi connectivity index (χ3n) is 3.63. The lowest BCUT2D eigenvalue weighted by molar-refractivity contribution is 0.205. The van der Waals surface area contributed by atoms with Gasteiger partial charge in [-0.2, -0.15) is 0 Å². The van der Waals surface area contributed by atoms with Crippen molar-refractivity contribution in [2.75, 3.05) is 25.2 Å². The average molecular weight is 266 g/mol. The number of hydrogen-bond acceptors (Lipinski definition) is 3. The second kappa shape index (κ2) is 5.88. The van der Waals surface area contributed by atoms with E-state index in [4.69, 9.17) is 10.5 Å². The first-order chi connectivity index (χ1) is 9.04. The van der Waals surface area contributed by atoms with E-state index in [2.05, 4.69) is 4.90 Å². The Morgan fingerprint density at radius 1 is 1.47 bits per heavy atom. The SMILES string of the molecule is COCCN(c1cc(C)c(F)cc1C(C)N)C1CC1. The van der Waals surface area contributed by atoms with Gasteiger partial charge in [0, 0.05) is 31.4 Å². The van der Waals surface area contributed by atoms with E-state index in [0.717, 1.165) is 17.8 Å². The van der Waals surface area contributed by atoms with Gasteiger partial charge in [0.1, 0.15) is 5.82 Å². The van der Waals surface area contributed by atoms with E-state index in [1.165, 1.54) is 12.8 Å². The van der Waals surface area contributed by atoms with Crippen molar-refractivity contribution < 1.29 is 9.13 Å². The lowest BCUT2D eigenvalue weighted by Gasteiger charge is -2.28. The van der Waals surface area contributed by atoms with Crippen LogP contribution in [0.15, 0.2) is 12.1 Å². The van der Waals surface area contributed by atoms with Crippen LogP contribution in [0.3, 0.4) is 0 Å². The van der Waals surface area contributed by atoms with Gasteiger partial charge in [0.2, 0.25) is 0 Å². The van der Waals surface area contributed by atoms with Crippen molar-refractivity contribution in [3.05, 3.63) is 29.1 Å². The zero-order valence-corrected chi connectivity index (χ0v) is 11.9. The monoisotopic (exact) mass is 266 g/mol. The highest BCUT2D eigenvalue weighted by Gasteiger charge is 2.31. The summed E-state index contributed by atoms with van der Waals surface area (Å²) in [7, 11) is 1.70. The topological polar surface area (TPSA) is 38.5 Å². The van der Waals surface area contributed by atoms with Crippen LogP contribution in [0.25, 0.3) is 0 Å². The van der Waals surface area contributed by atoms with Crippen LogP contribution in [0.1, 0.15) is 36.9 Å². The molecule has 0 heterocycles. The zero-order valence-electron chi connectivity index (χ0n) is 11.9. The first-order valence-electron chi connectivity index (χ1n) is 6.85. The van der Waals surface area contributed by atoms with Gasteiger partial charge in [-0.05, 0) is 49.9 Å². The Morgan fingerprint density at radius 2 is 2.16 bits per heavy atom. The maximum absolute atomic E-state index is 13.8. The third kappa shape index (κ3) is 3.25. The molecule has 3 nitrogen and oxygen atoms in total. The van der Waals surface area contributed by atoms with Gasteiger partial charge in [0.05, 0.1) is 6.61 Å². The van der Waals surface area contributed by atoms with Gasteiger partial charge in [0.15, 0.2) is 0 Å². The number of benzene rings is 1. The highest BCUT2D eigenvalue weighted by atomic mass is 19.1. The second-order valence-electron chi connectivity index (χ2n) is 5.37. The minimum Gasteiger partial charge on any atom is -0.383 e. The molecule has 0 aromatic heterocycles. The average Bonchev–Trinajstić information content (AvgIpc) is 3.17. The van der Waals surface area contributed by atoms with E-state index in [1.807, 2.05) is 13.0 Å². The van der Waals surface area contributed by atoms with Gasteiger partial charge >= 0.3 is 0 Å². The van der Waals surface area contributed by atoms with Crippen molar-refractivity contribution >= 4 is 5.69 Å².